The highest BCUT2D eigenvalue weighted by Gasteiger charge is 2.24. The molecule has 0 unspecified atom stereocenters. The molecule has 1 saturated heterocycles. The molecule has 1 aromatic carbocycles. The number of ether oxygens (including phenoxy) is 1. The lowest BCUT2D eigenvalue weighted by Crippen LogP contribution is -2.36. The minimum Gasteiger partial charge on any atom is -0.379 e. The Morgan fingerprint density at radius 2 is 2.23 bits per heavy atom. The quantitative estimate of drug-likeness (QED) is 0.780. The van der Waals surface area contributed by atoms with E-state index >= 15 is 0 Å². The fraction of sp³-hybridized carbons (Fsp3) is 0.368. The minimum absolute atomic E-state index is 0.0240. The number of hydrogen-bond acceptors (Lipinski definition) is 5. The third kappa shape index (κ3) is 3.57. The first-order chi connectivity index (χ1) is 12.7. The average Bonchev–Trinajstić information content (AvgIpc) is 2.99. The lowest BCUT2D eigenvalue weighted by atomic mass is 10.0. The van der Waals surface area contributed by atoms with Crippen LogP contribution in [0.2, 0.25) is 0 Å². The summed E-state index contributed by atoms with van der Waals surface area (Å²) in [7, 11) is 0. The van der Waals surface area contributed by atoms with Gasteiger partial charge in [0.15, 0.2) is 0 Å². The molecule has 134 valence electrons. The van der Waals surface area contributed by atoms with E-state index in [1.165, 1.54) is 0 Å². The summed E-state index contributed by atoms with van der Waals surface area (Å²) in [6, 6.07) is 7.55. The van der Waals surface area contributed by atoms with Crippen molar-refractivity contribution in [2.75, 3.05) is 26.3 Å². The van der Waals surface area contributed by atoms with Crippen LogP contribution in [-0.2, 0) is 11.2 Å². The second-order valence-corrected chi connectivity index (χ2v) is 6.68. The van der Waals surface area contributed by atoms with Gasteiger partial charge in [-0.15, -0.1) is 0 Å². The van der Waals surface area contributed by atoms with Crippen molar-refractivity contribution in [3.05, 3.63) is 53.9 Å². The smallest absolute Gasteiger partial charge is 0.254 e. The first-order valence-electron chi connectivity index (χ1n) is 8.77. The van der Waals surface area contributed by atoms with Crippen LogP contribution in [0.1, 0.15) is 21.7 Å². The first-order valence-corrected chi connectivity index (χ1v) is 8.77. The number of nitrogens with zero attached hydrogens (tertiary/aromatic N) is 4. The molecule has 0 aliphatic carbocycles. The standard InChI is InChI=1S/C19H21N5O2/c1-13-6-16(21-11-20-13)7-14-9-24(4-5-26-10-14)19(25)15-2-3-17-18(8-15)23-12-22-17/h2-3,6,8,11-12,14H,4-5,7,9-10H2,1H3,(H,22,23)/t14-/m1/s1. The number of H-pyrrole nitrogens is 1. The van der Waals surface area contributed by atoms with Crippen molar-refractivity contribution in [1.29, 1.82) is 0 Å². The zero-order chi connectivity index (χ0) is 17.9. The van der Waals surface area contributed by atoms with Gasteiger partial charge in [-0.1, -0.05) is 0 Å². The van der Waals surface area contributed by atoms with Gasteiger partial charge in [0.25, 0.3) is 5.91 Å². The number of amides is 1. The Bertz CT molecular complexity index is 923. The number of benzene rings is 1. The average molecular weight is 351 g/mol. The SMILES string of the molecule is Cc1cc(C[C@H]2COCCN(C(=O)c3ccc4nc[nH]c4c3)C2)ncn1. The van der Waals surface area contributed by atoms with Gasteiger partial charge in [-0.25, -0.2) is 15.0 Å². The molecule has 26 heavy (non-hydrogen) atoms. The van der Waals surface area contributed by atoms with E-state index in [-0.39, 0.29) is 11.8 Å². The molecule has 0 radical (unpaired) electrons. The predicted octanol–water partition coefficient (Wildman–Crippen LogP) is 1.99. The molecule has 1 fully saturated rings. The highest BCUT2D eigenvalue weighted by Crippen LogP contribution is 2.17. The van der Waals surface area contributed by atoms with Crippen LogP contribution < -0.4 is 0 Å². The molecule has 7 nitrogen and oxygen atoms in total. The van der Waals surface area contributed by atoms with Gasteiger partial charge in [-0.05, 0) is 37.6 Å². The van der Waals surface area contributed by atoms with Gasteiger partial charge in [-0.3, -0.25) is 4.79 Å². The maximum absolute atomic E-state index is 13.0. The molecule has 3 aromatic rings. The van der Waals surface area contributed by atoms with Crippen molar-refractivity contribution in [2.24, 2.45) is 5.92 Å². The van der Waals surface area contributed by atoms with E-state index in [0.29, 0.717) is 31.9 Å². The summed E-state index contributed by atoms with van der Waals surface area (Å²) in [5.41, 5.74) is 4.33. The monoisotopic (exact) mass is 351 g/mol. The Kier molecular flexibility index (Phi) is 4.62. The number of rotatable bonds is 3. The zero-order valence-corrected chi connectivity index (χ0v) is 14.7. The summed E-state index contributed by atoms with van der Waals surface area (Å²) in [5, 5.41) is 0. The molecule has 0 spiro atoms. The number of aromatic amines is 1. The highest BCUT2D eigenvalue weighted by atomic mass is 16.5. The summed E-state index contributed by atoms with van der Waals surface area (Å²) in [4.78, 5) is 30.6. The largest absolute Gasteiger partial charge is 0.379 e. The summed E-state index contributed by atoms with van der Waals surface area (Å²) in [5.74, 6) is 0.238. The van der Waals surface area contributed by atoms with Gasteiger partial charge in [0.2, 0.25) is 0 Å². The maximum Gasteiger partial charge on any atom is 0.254 e. The van der Waals surface area contributed by atoms with E-state index < -0.39 is 0 Å². The highest BCUT2D eigenvalue weighted by molar-refractivity contribution is 5.97. The summed E-state index contributed by atoms with van der Waals surface area (Å²) < 4.78 is 5.73. The van der Waals surface area contributed by atoms with E-state index in [9.17, 15) is 4.79 Å². The Morgan fingerprint density at radius 1 is 1.31 bits per heavy atom. The van der Waals surface area contributed by atoms with Crippen LogP contribution in [0.4, 0.5) is 0 Å². The first kappa shape index (κ1) is 16.7. The predicted molar refractivity (Wildman–Crippen MR) is 96.8 cm³/mol. The molecule has 7 heteroatoms. The van der Waals surface area contributed by atoms with Crippen LogP contribution in [0.3, 0.4) is 0 Å². The Balaban J connectivity index is 1.50. The van der Waals surface area contributed by atoms with E-state index in [1.54, 1.807) is 12.7 Å². The Labute approximate surface area is 151 Å². The third-order valence-corrected chi connectivity index (χ3v) is 4.65. The van der Waals surface area contributed by atoms with Crippen LogP contribution in [0.15, 0.2) is 36.9 Å². The van der Waals surface area contributed by atoms with Crippen LogP contribution in [0, 0.1) is 12.8 Å². The molecule has 3 heterocycles. The summed E-state index contributed by atoms with van der Waals surface area (Å²) in [6.45, 7) is 4.39. The minimum atomic E-state index is 0.0240. The number of fused-ring (bicyclic) bond motifs is 1. The van der Waals surface area contributed by atoms with E-state index in [2.05, 4.69) is 19.9 Å². The molecule has 4 rings (SSSR count). The zero-order valence-electron chi connectivity index (χ0n) is 14.7. The number of aromatic nitrogens is 4. The fourth-order valence-corrected chi connectivity index (χ4v) is 3.36. The van der Waals surface area contributed by atoms with Gasteiger partial charge in [0.05, 0.1) is 30.6 Å². The second kappa shape index (κ2) is 7.21. The number of carbonyl (C=O) groups is 1. The topological polar surface area (TPSA) is 84.0 Å². The van der Waals surface area contributed by atoms with Gasteiger partial charge >= 0.3 is 0 Å². The number of hydrogen-bond donors (Lipinski definition) is 1. The van der Waals surface area contributed by atoms with E-state index in [4.69, 9.17) is 4.74 Å². The normalized spacial score (nSPS) is 18.0. The summed E-state index contributed by atoms with van der Waals surface area (Å²) in [6.07, 6.45) is 4.00. The van der Waals surface area contributed by atoms with Crippen LogP contribution >= 0.6 is 0 Å². The number of nitrogens with one attached hydrogen (secondary N) is 1. The van der Waals surface area contributed by atoms with Crippen LogP contribution in [0.5, 0.6) is 0 Å². The van der Waals surface area contributed by atoms with Crippen molar-refractivity contribution < 1.29 is 9.53 Å². The Hall–Kier alpha value is -2.80. The molecule has 1 atom stereocenters. The fourth-order valence-electron chi connectivity index (χ4n) is 3.36. The van der Waals surface area contributed by atoms with Crippen molar-refractivity contribution in [3.8, 4) is 0 Å². The lowest BCUT2D eigenvalue weighted by molar-refractivity contribution is 0.0737. The molecule has 1 aliphatic heterocycles. The Morgan fingerprint density at radius 3 is 3.12 bits per heavy atom. The van der Waals surface area contributed by atoms with Crippen molar-refractivity contribution in [2.45, 2.75) is 13.3 Å². The van der Waals surface area contributed by atoms with Gasteiger partial charge < -0.3 is 14.6 Å². The van der Waals surface area contributed by atoms with E-state index in [0.717, 1.165) is 28.8 Å². The van der Waals surface area contributed by atoms with Gasteiger partial charge in [0, 0.05) is 36.0 Å². The van der Waals surface area contributed by atoms with Crippen LogP contribution in [-0.4, -0.2) is 57.0 Å². The van der Waals surface area contributed by atoms with Gasteiger partial charge in [0.1, 0.15) is 6.33 Å². The maximum atomic E-state index is 13.0. The molecule has 0 bridgehead atoms. The van der Waals surface area contributed by atoms with Crippen LogP contribution in [0.25, 0.3) is 11.0 Å². The lowest BCUT2D eigenvalue weighted by Gasteiger charge is -2.23. The van der Waals surface area contributed by atoms with E-state index in [1.807, 2.05) is 36.1 Å². The molecule has 2 aromatic heterocycles. The van der Waals surface area contributed by atoms with Crippen molar-refractivity contribution >= 4 is 16.9 Å². The van der Waals surface area contributed by atoms with Gasteiger partial charge in [-0.2, -0.15) is 0 Å². The molecule has 1 amide bonds. The molecule has 1 N–H and O–H groups in total. The summed E-state index contributed by atoms with van der Waals surface area (Å²) >= 11 is 0. The number of carbonyl (C=O) groups excluding carboxylic acids is 1. The molecular weight excluding hydrogens is 330 g/mol. The number of imidazole rings is 1. The molecular formula is C19H21N5O2. The molecule has 1 aliphatic rings. The number of aryl methyl sites for hydroxylation is 1. The second-order valence-electron chi connectivity index (χ2n) is 6.68. The van der Waals surface area contributed by atoms with Crippen molar-refractivity contribution in [1.82, 2.24) is 24.8 Å². The molecule has 0 saturated carbocycles. The van der Waals surface area contributed by atoms with Crippen molar-refractivity contribution in [3.63, 3.8) is 0 Å². The third-order valence-electron chi connectivity index (χ3n) is 4.65.